The minimum atomic E-state index is -0.807. The van der Waals surface area contributed by atoms with Crippen LogP contribution in [-0.4, -0.2) is 15.5 Å². The van der Waals surface area contributed by atoms with Crippen molar-refractivity contribution in [1.82, 2.24) is 9.55 Å². The van der Waals surface area contributed by atoms with Crippen LogP contribution < -0.4 is 5.32 Å². The van der Waals surface area contributed by atoms with E-state index in [1.165, 1.54) is 12.4 Å². The third-order valence-corrected chi connectivity index (χ3v) is 3.07. The number of benzene rings is 2. The Morgan fingerprint density at radius 2 is 1.81 bits per heavy atom. The standard InChI is InChI=1S/C15H11F2N3O/c16-10-4-3-5-11(17)15(10)19-14(21)8-20-9-18-12-6-1-2-7-13(12)20/h1-7,9H,8H2,(H,19,21). The van der Waals surface area contributed by atoms with Crippen LogP contribution in [0, 0.1) is 11.6 Å². The maximum Gasteiger partial charge on any atom is 0.244 e. The van der Waals surface area contributed by atoms with Crippen molar-refractivity contribution in [1.29, 1.82) is 0 Å². The van der Waals surface area contributed by atoms with Gasteiger partial charge in [-0.05, 0) is 24.3 Å². The Morgan fingerprint density at radius 1 is 1.10 bits per heavy atom. The third kappa shape index (κ3) is 2.60. The number of rotatable bonds is 3. The van der Waals surface area contributed by atoms with Crippen molar-refractivity contribution in [3.8, 4) is 0 Å². The zero-order valence-corrected chi connectivity index (χ0v) is 10.9. The van der Waals surface area contributed by atoms with Crippen LogP contribution in [0.1, 0.15) is 0 Å². The molecule has 0 aliphatic carbocycles. The number of nitrogens with zero attached hydrogens (tertiary/aromatic N) is 2. The van der Waals surface area contributed by atoms with E-state index in [0.717, 1.165) is 23.2 Å². The summed E-state index contributed by atoms with van der Waals surface area (Å²) in [5.74, 6) is -2.14. The van der Waals surface area contributed by atoms with Gasteiger partial charge in [-0.15, -0.1) is 0 Å². The summed E-state index contributed by atoms with van der Waals surface area (Å²) in [6.45, 7) is -0.0751. The van der Waals surface area contributed by atoms with Gasteiger partial charge >= 0.3 is 0 Å². The smallest absolute Gasteiger partial charge is 0.244 e. The first-order chi connectivity index (χ1) is 10.1. The highest BCUT2D eigenvalue weighted by Gasteiger charge is 2.13. The molecule has 6 heteroatoms. The second-order valence-corrected chi connectivity index (χ2v) is 4.51. The number of fused-ring (bicyclic) bond motifs is 1. The number of carbonyl (C=O) groups excluding carboxylic acids is 1. The van der Waals surface area contributed by atoms with Gasteiger partial charge in [0.15, 0.2) is 0 Å². The molecule has 0 radical (unpaired) electrons. The minimum Gasteiger partial charge on any atom is -0.321 e. The summed E-state index contributed by atoms with van der Waals surface area (Å²) in [6.07, 6.45) is 1.52. The molecule has 3 aromatic rings. The van der Waals surface area contributed by atoms with Gasteiger partial charge in [0.05, 0.1) is 17.4 Å². The van der Waals surface area contributed by atoms with Crippen LogP contribution in [-0.2, 0) is 11.3 Å². The Balaban J connectivity index is 1.81. The molecule has 21 heavy (non-hydrogen) atoms. The van der Waals surface area contributed by atoms with Crippen molar-refractivity contribution < 1.29 is 13.6 Å². The number of para-hydroxylation sites is 3. The number of carbonyl (C=O) groups is 1. The van der Waals surface area contributed by atoms with Crippen molar-refractivity contribution in [3.63, 3.8) is 0 Å². The van der Waals surface area contributed by atoms with Crippen LogP contribution in [0.15, 0.2) is 48.8 Å². The first-order valence-corrected chi connectivity index (χ1v) is 6.29. The molecule has 2 aromatic carbocycles. The second kappa shape index (κ2) is 5.32. The van der Waals surface area contributed by atoms with Crippen molar-refractivity contribution >= 4 is 22.6 Å². The average molecular weight is 287 g/mol. The summed E-state index contributed by atoms with van der Waals surface area (Å²) in [6, 6.07) is 10.7. The van der Waals surface area contributed by atoms with Gasteiger partial charge in [0.2, 0.25) is 5.91 Å². The van der Waals surface area contributed by atoms with Gasteiger partial charge in [0.1, 0.15) is 23.9 Å². The van der Waals surface area contributed by atoms with Crippen LogP contribution in [0.25, 0.3) is 11.0 Å². The monoisotopic (exact) mass is 287 g/mol. The molecule has 0 saturated carbocycles. The summed E-state index contributed by atoms with van der Waals surface area (Å²) in [7, 11) is 0. The first kappa shape index (κ1) is 13.2. The minimum absolute atomic E-state index is 0.0751. The molecule has 1 heterocycles. The van der Waals surface area contributed by atoms with Gasteiger partial charge in [-0.2, -0.15) is 0 Å². The van der Waals surface area contributed by atoms with Crippen LogP contribution in [0.3, 0.4) is 0 Å². The number of aromatic nitrogens is 2. The fourth-order valence-corrected chi connectivity index (χ4v) is 2.09. The summed E-state index contributed by atoms with van der Waals surface area (Å²) in [5.41, 5.74) is 1.09. The van der Waals surface area contributed by atoms with E-state index < -0.39 is 23.2 Å². The molecule has 0 spiro atoms. The van der Waals surface area contributed by atoms with Crippen molar-refractivity contribution in [3.05, 3.63) is 60.4 Å². The first-order valence-electron chi connectivity index (χ1n) is 6.29. The predicted molar refractivity (Wildman–Crippen MR) is 74.7 cm³/mol. The topological polar surface area (TPSA) is 46.9 Å². The van der Waals surface area contributed by atoms with Crippen molar-refractivity contribution in [2.75, 3.05) is 5.32 Å². The van der Waals surface area contributed by atoms with Crippen LogP contribution in [0.2, 0.25) is 0 Å². The van der Waals surface area contributed by atoms with E-state index in [1.54, 1.807) is 4.57 Å². The molecule has 0 aliphatic rings. The van der Waals surface area contributed by atoms with Gasteiger partial charge in [0.25, 0.3) is 0 Å². The highest BCUT2D eigenvalue weighted by Crippen LogP contribution is 2.18. The lowest BCUT2D eigenvalue weighted by Crippen LogP contribution is -2.19. The largest absolute Gasteiger partial charge is 0.321 e. The molecule has 0 bridgehead atoms. The Morgan fingerprint density at radius 3 is 2.57 bits per heavy atom. The number of nitrogens with one attached hydrogen (secondary N) is 1. The third-order valence-electron chi connectivity index (χ3n) is 3.07. The molecular formula is C15H11F2N3O. The molecule has 4 nitrogen and oxygen atoms in total. The molecule has 0 fully saturated rings. The van der Waals surface area contributed by atoms with E-state index in [2.05, 4.69) is 10.3 Å². The number of anilines is 1. The highest BCUT2D eigenvalue weighted by molar-refractivity contribution is 5.91. The SMILES string of the molecule is O=C(Cn1cnc2ccccc21)Nc1c(F)cccc1F. The molecule has 0 unspecified atom stereocenters. The van der Waals surface area contributed by atoms with Gasteiger partial charge in [-0.3, -0.25) is 4.79 Å². The zero-order chi connectivity index (χ0) is 14.8. The van der Waals surface area contributed by atoms with Crippen LogP contribution in [0.5, 0.6) is 0 Å². The molecule has 1 aromatic heterocycles. The maximum atomic E-state index is 13.5. The highest BCUT2D eigenvalue weighted by atomic mass is 19.1. The Labute approximate surface area is 119 Å². The summed E-state index contributed by atoms with van der Waals surface area (Å²) >= 11 is 0. The lowest BCUT2D eigenvalue weighted by molar-refractivity contribution is -0.116. The Bertz CT molecular complexity index is 793. The number of hydrogen-bond acceptors (Lipinski definition) is 2. The lowest BCUT2D eigenvalue weighted by Gasteiger charge is -2.08. The molecule has 106 valence electrons. The fourth-order valence-electron chi connectivity index (χ4n) is 2.09. The summed E-state index contributed by atoms with van der Waals surface area (Å²) in [5, 5.41) is 2.24. The van der Waals surface area contributed by atoms with Gasteiger partial charge in [-0.25, -0.2) is 13.8 Å². The van der Waals surface area contributed by atoms with E-state index in [4.69, 9.17) is 0 Å². The van der Waals surface area contributed by atoms with E-state index in [1.807, 2.05) is 24.3 Å². The molecule has 1 amide bonds. The number of imidazole rings is 1. The van der Waals surface area contributed by atoms with E-state index in [9.17, 15) is 13.6 Å². The molecular weight excluding hydrogens is 276 g/mol. The fraction of sp³-hybridized carbons (Fsp3) is 0.0667. The van der Waals surface area contributed by atoms with Gasteiger partial charge < -0.3 is 9.88 Å². The normalized spacial score (nSPS) is 10.8. The quantitative estimate of drug-likeness (QED) is 0.805. The van der Waals surface area contributed by atoms with Crippen LogP contribution >= 0.6 is 0 Å². The lowest BCUT2D eigenvalue weighted by atomic mass is 10.3. The predicted octanol–water partition coefficient (Wildman–Crippen LogP) is 2.95. The van der Waals surface area contributed by atoms with Gasteiger partial charge in [0, 0.05) is 0 Å². The van der Waals surface area contributed by atoms with E-state index in [-0.39, 0.29) is 6.54 Å². The van der Waals surface area contributed by atoms with Crippen molar-refractivity contribution in [2.24, 2.45) is 0 Å². The summed E-state index contributed by atoms with van der Waals surface area (Å²) in [4.78, 5) is 16.1. The molecule has 0 aliphatic heterocycles. The maximum absolute atomic E-state index is 13.5. The van der Waals surface area contributed by atoms with E-state index >= 15 is 0 Å². The summed E-state index contributed by atoms with van der Waals surface area (Å²) < 4.78 is 28.6. The molecule has 0 atom stereocenters. The number of halogens is 2. The molecule has 0 saturated heterocycles. The number of amides is 1. The van der Waals surface area contributed by atoms with Gasteiger partial charge in [-0.1, -0.05) is 18.2 Å². The number of hydrogen-bond donors (Lipinski definition) is 1. The Hall–Kier alpha value is -2.76. The molecule has 3 rings (SSSR count). The van der Waals surface area contributed by atoms with Crippen molar-refractivity contribution in [2.45, 2.75) is 6.54 Å². The zero-order valence-electron chi connectivity index (χ0n) is 10.9. The second-order valence-electron chi connectivity index (χ2n) is 4.51. The van der Waals surface area contributed by atoms with E-state index in [0.29, 0.717) is 0 Å². The average Bonchev–Trinajstić information content (AvgIpc) is 2.87. The van der Waals surface area contributed by atoms with Crippen LogP contribution in [0.4, 0.5) is 14.5 Å². The molecule has 1 N–H and O–H groups in total. The Kier molecular flexibility index (Phi) is 3.35.